The summed E-state index contributed by atoms with van der Waals surface area (Å²) in [4.78, 5) is 0. The van der Waals surface area contributed by atoms with Gasteiger partial charge in [0.15, 0.2) is 0 Å². The number of benzene rings is 1. The van der Waals surface area contributed by atoms with Crippen LogP contribution in [0.2, 0.25) is 0 Å². The third kappa shape index (κ3) is 6.35. The number of hydrogen-bond acceptors (Lipinski definition) is 2. The van der Waals surface area contributed by atoms with Crippen molar-refractivity contribution in [1.29, 1.82) is 0 Å². The molecular formula is C14H22ClNO. The molecule has 3 heteroatoms. The molecule has 0 heterocycles. The summed E-state index contributed by atoms with van der Waals surface area (Å²) in [5, 5.41) is 3.37. The maximum Gasteiger partial charge on any atom is 0.126 e. The lowest BCUT2D eigenvalue weighted by molar-refractivity contribution is 0.414. The van der Waals surface area contributed by atoms with E-state index in [4.69, 9.17) is 4.74 Å². The smallest absolute Gasteiger partial charge is 0.126 e. The van der Waals surface area contributed by atoms with E-state index in [1.165, 1.54) is 12.8 Å². The van der Waals surface area contributed by atoms with Gasteiger partial charge in [-0.2, -0.15) is 0 Å². The molecule has 0 bridgehead atoms. The van der Waals surface area contributed by atoms with E-state index in [0.29, 0.717) is 0 Å². The molecule has 1 rings (SSSR count). The minimum Gasteiger partial charge on any atom is -0.496 e. The molecule has 0 amide bonds. The van der Waals surface area contributed by atoms with Crippen LogP contribution in [0.15, 0.2) is 30.3 Å². The van der Waals surface area contributed by atoms with Crippen LogP contribution in [0.25, 0.3) is 6.08 Å². The highest BCUT2D eigenvalue weighted by molar-refractivity contribution is 5.85. The molecule has 0 unspecified atom stereocenters. The molecule has 0 radical (unpaired) electrons. The normalized spacial score (nSPS) is 10.2. The van der Waals surface area contributed by atoms with E-state index >= 15 is 0 Å². The topological polar surface area (TPSA) is 21.3 Å². The predicted octanol–water partition coefficient (Wildman–Crippen LogP) is 3.52. The van der Waals surface area contributed by atoms with Crippen LogP contribution in [0, 0.1) is 0 Å². The van der Waals surface area contributed by atoms with E-state index in [-0.39, 0.29) is 12.4 Å². The van der Waals surface area contributed by atoms with Gasteiger partial charge >= 0.3 is 0 Å². The van der Waals surface area contributed by atoms with Crippen LogP contribution < -0.4 is 10.1 Å². The van der Waals surface area contributed by atoms with Crippen molar-refractivity contribution in [3.8, 4) is 5.75 Å². The van der Waals surface area contributed by atoms with Crippen molar-refractivity contribution in [2.45, 2.75) is 19.8 Å². The lowest BCUT2D eigenvalue weighted by Gasteiger charge is -2.03. The Labute approximate surface area is 110 Å². The summed E-state index contributed by atoms with van der Waals surface area (Å²) >= 11 is 0. The monoisotopic (exact) mass is 255 g/mol. The van der Waals surface area contributed by atoms with Gasteiger partial charge in [-0.15, -0.1) is 12.4 Å². The molecule has 0 aliphatic rings. The molecule has 0 fully saturated rings. The number of methoxy groups -OCH3 is 1. The van der Waals surface area contributed by atoms with E-state index < -0.39 is 0 Å². The Kier molecular flexibility index (Phi) is 9.59. The summed E-state index contributed by atoms with van der Waals surface area (Å²) in [5.41, 5.74) is 1.13. The van der Waals surface area contributed by atoms with Gasteiger partial charge in [-0.3, -0.25) is 0 Å². The van der Waals surface area contributed by atoms with Crippen molar-refractivity contribution >= 4 is 18.5 Å². The second kappa shape index (κ2) is 10.2. The molecule has 0 spiro atoms. The van der Waals surface area contributed by atoms with Crippen LogP contribution in [0.5, 0.6) is 5.75 Å². The summed E-state index contributed by atoms with van der Waals surface area (Å²) in [5.74, 6) is 0.923. The van der Waals surface area contributed by atoms with Gasteiger partial charge in [0.1, 0.15) is 5.75 Å². The Morgan fingerprint density at radius 1 is 1.29 bits per heavy atom. The third-order valence-electron chi connectivity index (χ3n) is 2.41. The molecule has 0 atom stereocenters. The molecule has 0 saturated carbocycles. The van der Waals surface area contributed by atoms with Gasteiger partial charge in [0.05, 0.1) is 7.11 Å². The van der Waals surface area contributed by atoms with Gasteiger partial charge in [0.25, 0.3) is 0 Å². The molecule has 1 aromatic carbocycles. The first-order valence-corrected chi connectivity index (χ1v) is 5.88. The third-order valence-corrected chi connectivity index (χ3v) is 2.41. The van der Waals surface area contributed by atoms with E-state index in [1.807, 2.05) is 18.2 Å². The number of unbranched alkanes of at least 4 members (excludes halogenated alkanes) is 1. The maximum absolute atomic E-state index is 5.27. The Morgan fingerprint density at radius 2 is 2.06 bits per heavy atom. The zero-order chi connectivity index (χ0) is 11.6. The van der Waals surface area contributed by atoms with E-state index in [2.05, 4.69) is 30.5 Å². The quantitative estimate of drug-likeness (QED) is 0.753. The largest absolute Gasteiger partial charge is 0.496 e. The second-order valence-corrected chi connectivity index (χ2v) is 3.70. The van der Waals surface area contributed by atoms with Crippen LogP contribution in [-0.2, 0) is 0 Å². The molecular weight excluding hydrogens is 234 g/mol. The van der Waals surface area contributed by atoms with Crippen molar-refractivity contribution in [1.82, 2.24) is 5.32 Å². The Balaban J connectivity index is 0.00000256. The molecule has 0 saturated heterocycles. The average molecular weight is 256 g/mol. The Morgan fingerprint density at radius 3 is 2.76 bits per heavy atom. The van der Waals surface area contributed by atoms with Crippen LogP contribution in [0.4, 0.5) is 0 Å². The van der Waals surface area contributed by atoms with Crippen LogP contribution in [0.1, 0.15) is 25.3 Å². The van der Waals surface area contributed by atoms with Crippen molar-refractivity contribution in [3.63, 3.8) is 0 Å². The molecule has 2 nitrogen and oxygen atoms in total. The number of halogens is 1. The molecule has 0 aliphatic carbocycles. The van der Waals surface area contributed by atoms with Crippen molar-refractivity contribution in [2.24, 2.45) is 0 Å². The summed E-state index contributed by atoms with van der Waals surface area (Å²) in [7, 11) is 1.70. The van der Waals surface area contributed by atoms with E-state index in [1.54, 1.807) is 7.11 Å². The minimum atomic E-state index is 0. The predicted molar refractivity (Wildman–Crippen MR) is 77.1 cm³/mol. The lowest BCUT2D eigenvalue weighted by atomic mass is 10.2. The SMILES string of the molecule is CCCCNC/C=C/c1ccccc1OC.Cl. The highest BCUT2D eigenvalue weighted by atomic mass is 35.5. The van der Waals surface area contributed by atoms with Gasteiger partial charge in [-0.1, -0.05) is 43.7 Å². The summed E-state index contributed by atoms with van der Waals surface area (Å²) in [6.07, 6.45) is 6.71. The van der Waals surface area contributed by atoms with Gasteiger partial charge in [0.2, 0.25) is 0 Å². The van der Waals surface area contributed by atoms with Gasteiger partial charge in [0, 0.05) is 12.1 Å². The van der Waals surface area contributed by atoms with Crippen molar-refractivity contribution < 1.29 is 4.74 Å². The van der Waals surface area contributed by atoms with Crippen LogP contribution >= 0.6 is 12.4 Å². The highest BCUT2D eigenvalue weighted by Gasteiger charge is 1.95. The standard InChI is InChI=1S/C14H21NO.ClH/c1-3-4-11-15-12-7-9-13-8-5-6-10-14(13)16-2;/h5-10,15H,3-4,11-12H2,1-2H3;1H/b9-7+;. The number of rotatable bonds is 7. The minimum absolute atomic E-state index is 0. The first kappa shape index (κ1) is 16.0. The molecule has 1 N–H and O–H groups in total. The summed E-state index contributed by atoms with van der Waals surface area (Å²) < 4.78 is 5.27. The van der Waals surface area contributed by atoms with Crippen LogP contribution in [0.3, 0.4) is 0 Å². The highest BCUT2D eigenvalue weighted by Crippen LogP contribution is 2.18. The fraction of sp³-hybridized carbons (Fsp3) is 0.429. The van der Waals surface area contributed by atoms with Gasteiger partial charge in [-0.25, -0.2) is 0 Å². The molecule has 1 aromatic rings. The van der Waals surface area contributed by atoms with Crippen molar-refractivity contribution in [2.75, 3.05) is 20.2 Å². The Hall–Kier alpha value is -0.990. The number of para-hydroxylation sites is 1. The molecule has 0 aliphatic heterocycles. The number of ether oxygens (including phenoxy) is 1. The lowest BCUT2D eigenvalue weighted by Crippen LogP contribution is -2.14. The fourth-order valence-corrected chi connectivity index (χ4v) is 1.48. The average Bonchev–Trinajstić information content (AvgIpc) is 2.34. The first-order chi connectivity index (χ1) is 7.88. The fourth-order valence-electron chi connectivity index (χ4n) is 1.48. The summed E-state index contributed by atoms with van der Waals surface area (Å²) in [6, 6.07) is 8.04. The van der Waals surface area contributed by atoms with E-state index in [9.17, 15) is 0 Å². The first-order valence-electron chi connectivity index (χ1n) is 5.88. The number of nitrogens with one attached hydrogen (secondary N) is 1. The number of hydrogen-bond donors (Lipinski definition) is 1. The summed E-state index contributed by atoms with van der Waals surface area (Å²) in [6.45, 7) is 4.21. The molecule has 17 heavy (non-hydrogen) atoms. The maximum atomic E-state index is 5.27. The second-order valence-electron chi connectivity index (χ2n) is 3.70. The Bertz CT molecular complexity index is 326. The molecule has 96 valence electrons. The van der Waals surface area contributed by atoms with Gasteiger partial charge < -0.3 is 10.1 Å². The zero-order valence-corrected chi connectivity index (χ0v) is 11.4. The zero-order valence-electron chi connectivity index (χ0n) is 10.6. The molecule has 0 aromatic heterocycles. The van der Waals surface area contributed by atoms with Crippen LogP contribution in [-0.4, -0.2) is 20.2 Å². The van der Waals surface area contributed by atoms with Gasteiger partial charge in [-0.05, 0) is 19.0 Å². The van der Waals surface area contributed by atoms with Crippen molar-refractivity contribution in [3.05, 3.63) is 35.9 Å². The van der Waals surface area contributed by atoms with E-state index in [0.717, 1.165) is 24.4 Å².